The predicted octanol–water partition coefficient (Wildman–Crippen LogP) is 4.23. The molecule has 0 saturated heterocycles. The van der Waals surface area contributed by atoms with Gasteiger partial charge in [0.1, 0.15) is 4.47 Å². The Balaban J connectivity index is 2.30. The number of nitrogens with one attached hydrogen (secondary N) is 1. The highest BCUT2D eigenvalue weighted by molar-refractivity contribution is 9.10. The first-order chi connectivity index (χ1) is 9.90. The second-order valence-corrected chi connectivity index (χ2v) is 5.44. The SMILES string of the molecule is Cc1ccc(NC(=O)c2cccc([N+](=O)[O-])c2Br)cc1C. The third kappa shape index (κ3) is 3.28. The zero-order chi connectivity index (χ0) is 15.6. The van der Waals surface area contributed by atoms with Gasteiger partial charge in [-0.25, -0.2) is 0 Å². The molecule has 1 N–H and O–H groups in total. The van der Waals surface area contributed by atoms with E-state index in [4.69, 9.17) is 0 Å². The van der Waals surface area contributed by atoms with Crippen LogP contribution in [0.4, 0.5) is 11.4 Å². The van der Waals surface area contributed by atoms with Crippen molar-refractivity contribution in [2.75, 3.05) is 5.32 Å². The molecule has 0 radical (unpaired) electrons. The first-order valence-corrected chi connectivity index (χ1v) is 7.01. The Morgan fingerprint density at radius 1 is 1.19 bits per heavy atom. The van der Waals surface area contributed by atoms with E-state index in [-0.39, 0.29) is 15.7 Å². The smallest absolute Gasteiger partial charge is 0.284 e. The summed E-state index contributed by atoms with van der Waals surface area (Å²) in [6.07, 6.45) is 0. The standard InChI is InChI=1S/C15H13BrN2O3/c1-9-6-7-11(8-10(9)2)17-15(19)12-4-3-5-13(14(12)16)18(20)21/h3-8H,1-2H3,(H,17,19). The predicted molar refractivity (Wildman–Crippen MR) is 84.7 cm³/mol. The second-order valence-electron chi connectivity index (χ2n) is 4.65. The molecule has 0 atom stereocenters. The molecule has 0 aliphatic heterocycles. The summed E-state index contributed by atoms with van der Waals surface area (Å²) in [7, 11) is 0. The molecule has 0 aliphatic rings. The molecule has 0 heterocycles. The van der Waals surface area contributed by atoms with Gasteiger partial charge in [0.05, 0.1) is 10.5 Å². The van der Waals surface area contributed by atoms with Crippen LogP contribution in [0.15, 0.2) is 40.9 Å². The van der Waals surface area contributed by atoms with E-state index in [9.17, 15) is 14.9 Å². The second kappa shape index (κ2) is 6.05. The minimum Gasteiger partial charge on any atom is -0.322 e. The summed E-state index contributed by atoms with van der Waals surface area (Å²) in [4.78, 5) is 22.6. The zero-order valence-corrected chi connectivity index (χ0v) is 13.1. The van der Waals surface area contributed by atoms with Crippen molar-refractivity contribution in [3.8, 4) is 0 Å². The molecule has 108 valence electrons. The van der Waals surface area contributed by atoms with Crippen molar-refractivity contribution in [3.05, 3.63) is 67.7 Å². The van der Waals surface area contributed by atoms with E-state index < -0.39 is 10.8 Å². The van der Waals surface area contributed by atoms with Gasteiger partial charge in [0.2, 0.25) is 0 Å². The van der Waals surface area contributed by atoms with Crippen LogP contribution >= 0.6 is 15.9 Å². The van der Waals surface area contributed by atoms with E-state index in [1.807, 2.05) is 26.0 Å². The monoisotopic (exact) mass is 348 g/mol. The Hall–Kier alpha value is -2.21. The lowest BCUT2D eigenvalue weighted by atomic mass is 10.1. The van der Waals surface area contributed by atoms with Gasteiger partial charge in [0.15, 0.2) is 0 Å². The summed E-state index contributed by atoms with van der Waals surface area (Å²) in [5.41, 5.74) is 2.93. The summed E-state index contributed by atoms with van der Waals surface area (Å²) in [6, 6.07) is 9.93. The molecule has 2 aromatic carbocycles. The molecular formula is C15H13BrN2O3. The topological polar surface area (TPSA) is 72.2 Å². The number of hydrogen-bond acceptors (Lipinski definition) is 3. The minimum absolute atomic E-state index is 0.136. The molecular weight excluding hydrogens is 336 g/mol. The number of amides is 1. The van der Waals surface area contributed by atoms with E-state index in [2.05, 4.69) is 21.2 Å². The Labute approximate surface area is 130 Å². The molecule has 5 nitrogen and oxygen atoms in total. The normalized spacial score (nSPS) is 10.2. The van der Waals surface area contributed by atoms with Gasteiger partial charge in [-0.2, -0.15) is 0 Å². The fourth-order valence-corrected chi connectivity index (χ4v) is 2.44. The van der Waals surface area contributed by atoms with Crippen LogP contribution in [0.25, 0.3) is 0 Å². The van der Waals surface area contributed by atoms with Crippen LogP contribution in [-0.4, -0.2) is 10.8 Å². The number of nitro groups is 1. The summed E-state index contributed by atoms with van der Waals surface area (Å²) in [5.74, 6) is -0.395. The highest BCUT2D eigenvalue weighted by Gasteiger charge is 2.19. The van der Waals surface area contributed by atoms with Crippen molar-refractivity contribution in [2.45, 2.75) is 13.8 Å². The molecule has 0 fully saturated rings. The summed E-state index contributed by atoms with van der Waals surface area (Å²) >= 11 is 3.12. The average molecular weight is 349 g/mol. The Morgan fingerprint density at radius 2 is 1.90 bits per heavy atom. The zero-order valence-electron chi connectivity index (χ0n) is 11.5. The van der Waals surface area contributed by atoms with Crippen molar-refractivity contribution in [2.24, 2.45) is 0 Å². The molecule has 2 rings (SSSR count). The number of hydrogen-bond donors (Lipinski definition) is 1. The van der Waals surface area contributed by atoms with Gasteiger partial charge in [-0.15, -0.1) is 0 Å². The van der Waals surface area contributed by atoms with E-state index in [0.29, 0.717) is 5.69 Å². The van der Waals surface area contributed by atoms with Crippen LogP contribution in [0, 0.1) is 24.0 Å². The van der Waals surface area contributed by atoms with Gasteiger partial charge in [-0.1, -0.05) is 12.1 Å². The quantitative estimate of drug-likeness (QED) is 0.666. The lowest BCUT2D eigenvalue weighted by Gasteiger charge is -2.09. The van der Waals surface area contributed by atoms with E-state index in [1.54, 1.807) is 6.07 Å². The molecule has 21 heavy (non-hydrogen) atoms. The van der Waals surface area contributed by atoms with Gasteiger partial charge in [0, 0.05) is 11.8 Å². The number of benzene rings is 2. The van der Waals surface area contributed by atoms with Crippen LogP contribution in [0.3, 0.4) is 0 Å². The maximum atomic E-state index is 12.2. The molecule has 0 saturated carbocycles. The molecule has 0 aromatic heterocycles. The van der Waals surface area contributed by atoms with Gasteiger partial charge < -0.3 is 5.32 Å². The molecule has 6 heteroatoms. The molecule has 1 amide bonds. The molecule has 0 bridgehead atoms. The van der Waals surface area contributed by atoms with Gasteiger partial charge in [-0.05, 0) is 59.1 Å². The highest BCUT2D eigenvalue weighted by atomic mass is 79.9. The fraction of sp³-hybridized carbons (Fsp3) is 0.133. The third-order valence-electron chi connectivity index (χ3n) is 3.18. The van der Waals surface area contributed by atoms with Crippen molar-refractivity contribution in [3.63, 3.8) is 0 Å². The van der Waals surface area contributed by atoms with Gasteiger partial charge >= 0.3 is 0 Å². The van der Waals surface area contributed by atoms with Crippen molar-refractivity contribution < 1.29 is 9.72 Å². The molecule has 0 spiro atoms. The number of rotatable bonds is 3. The lowest BCUT2D eigenvalue weighted by Crippen LogP contribution is -2.13. The number of carbonyl (C=O) groups is 1. The number of carbonyl (C=O) groups excluding carboxylic acids is 1. The summed E-state index contributed by atoms with van der Waals surface area (Å²) < 4.78 is 0.177. The minimum atomic E-state index is -0.531. The Kier molecular flexibility index (Phi) is 4.37. The largest absolute Gasteiger partial charge is 0.322 e. The van der Waals surface area contributed by atoms with Crippen LogP contribution in [0.5, 0.6) is 0 Å². The van der Waals surface area contributed by atoms with Crippen molar-refractivity contribution in [1.82, 2.24) is 0 Å². The van der Waals surface area contributed by atoms with Crippen LogP contribution in [0.2, 0.25) is 0 Å². The van der Waals surface area contributed by atoms with Crippen molar-refractivity contribution in [1.29, 1.82) is 0 Å². The number of aryl methyl sites for hydroxylation is 2. The van der Waals surface area contributed by atoms with E-state index in [1.165, 1.54) is 18.2 Å². The highest BCUT2D eigenvalue weighted by Crippen LogP contribution is 2.29. The van der Waals surface area contributed by atoms with Gasteiger partial charge in [0.25, 0.3) is 11.6 Å². The van der Waals surface area contributed by atoms with Crippen LogP contribution in [0.1, 0.15) is 21.5 Å². The average Bonchev–Trinajstić information content (AvgIpc) is 2.42. The molecule has 0 aliphatic carbocycles. The Morgan fingerprint density at radius 3 is 2.52 bits per heavy atom. The van der Waals surface area contributed by atoms with E-state index >= 15 is 0 Å². The van der Waals surface area contributed by atoms with Crippen molar-refractivity contribution >= 4 is 33.2 Å². The fourth-order valence-electron chi connectivity index (χ4n) is 1.85. The summed E-state index contributed by atoms with van der Waals surface area (Å²) in [6.45, 7) is 3.94. The maximum absolute atomic E-state index is 12.2. The lowest BCUT2D eigenvalue weighted by molar-refractivity contribution is -0.385. The van der Waals surface area contributed by atoms with Gasteiger partial charge in [-0.3, -0.25) is 14.9 Å². The molecule has 0 unspecified atom stereocenters. The third-order valence-corrected chi connectivity index (χ3v) is 4.02. The Bertz CT molecular complexity index is 729. The number of nitrogens with zero attached hydrogens (tertiary/aromatic N) is 1. The first kappa shape index (κ1) is 15.2. The number of halogens is 1. The number of nitro benzene ring substituents is 1. The van der Waals surface area contributed by atoms with Crippen LogP contribution < -0.4 is 5.32 Å². The molecule has 2 aromatic rings. The number of anilines is 1. The van der Waals surface area contributed by atoms with E-state index in [0.717, 1.165) is 11.1 Å². The van der Waals surface area contributed by atoms with Crippen LogP contribution in [-0.2, 0) is 0 Å². The maximum Gasteiger partial charge on any atom is 0.284 e. The summed E-state index contributed by atoms with van der Waals surface area (Å²) in [5, 5.41) is 13.6. The first-order valence-electron chi connectivity index (χ1n) is 6.21.